The maximum absolute atomic E-state index is 6.78. The van der Waals surface area contributed by atoms with Crippen molar-refractivity contribution in [2.24, 2.45) is 0 Å². The summed E-state index contributed by atoms with van der Waals surface area (Å²) in [5.41, 5.74) is 1.37. The van der Waals surface area contributed by atoms with Crippen molar-refractivity contribution in [2.75, 3.05) is 0 Å². The first kappa shape index (κ1) is 22.3. The van der Waals surface area contributed by atoms with Crippen LogP contribution in [0.4, 0.5) is 0 Å². The van der Waals surface area contributed by atoms with Gasteiger partial charge in [-0.1, -0.05) is 61.0 Å². The third-order valence-electron chi connectivity index (χ3n) is 6.07. The van der Waals surface area contributed by atoms with Gasteiger partial charge in [0.05, 0.1) is 0 Å². The van der Waals surface area contributed by atoms with Crippen molar-refractivity contribution in [1.82, 2.24) is 0 Å². The lowest BCUT2D eigenvalue weighted by Gasteiger charge is -2.34. The lowest BCUT2D eigenvalue weighted by atomic mass is 10.1. The Morgan fingerprint density at radius 3 is 1.48 bits per heavy atom. The molecule has 0 aromatic heterocycles. The maximum atomic E-state index is 6.78. The van der Waals surface area contributed by atoms with E-state index in [1.165, 1.54) is 5.56 Å². The predicted molar refractivity (Wildman–Crippen MR) is 116 cm³/mol. The summed E-state index contributed by atoms with van der Waals surface area (Å²) in [6, 6.07) is 13.7. The van der Waals surface area contributed by atoms with Gasteiger partial charge in [-0.05, 0) is 60.4 Å². The second kappa shape index (κ2) is 10.4. The van der Waals surface area contributed by atoms with E-state index in [9.17, 15) is 0 Å². The highest BCUT2D eigenvalue weighted by molar-refractivity contribution is 6.75. The Balaban J connectivity index is 3.28. The van der Waals surface area contributed by atoms with E-state index in [-0.39, 0.29) is 0 Å². The molecule has 1 aromatic carbocycles. The van der Waals surface area contributed by atoms with E-state index in [2.05, 4.69) is 66.7 Å². The van der Waals surface area contributed by atoms with E-state index in [0.717, 1.165) is 60.6 Å². The van der Waals surface area contributed by atoms with Crippen LogP contribution < -0.4 is 8.85 Å². The highest BCUT2D eigenvalue weighted by atomic mass is 28.4. The molecule has 2 nitrogen and oxygen atoms in total. The molecule has 0 bridgehead atoms. The van der Waals surface area contributed by atoms with Crippen LogP contribution in [0, 0.1) is 0 Å². The molecule has 0 fully saturated rings. The molecule has 25 heavy (non-hydrogen) atoms. The van der Waals surface area contributed by atoms with E-state index in [0.29, 0.717) is 0 Å². The van der Waals surface area contributed by atoms with E-state index in [1.807, 2.05) is 0 Å². The molecule has 1 rings (SSSR count). The highest BCUT2D eigenvalue weighted by Crippen LogP contribution is 2.37. The fraction of sp³-hybridized carbons (Fsp3) is 0.714. The Morgan fingerprint density at radius 1 is 0.640 bits per heavy atom. The van der Waals surface area contributed by atoms with Crippen molar-refractivity contribution in [1.29, 1.82) is 0 Å². The predicted octanol–water partition coefficient (Wildman–Crippen LogP) is 7.41. The first-order valence-electron chi connectivity index (χ1n) is 10.5. The van der Waals surface area contributed by atoms with Crippen LogP contribution in [0.5, 0.6) is 11.5 Å². The van der Waals surface area contributed by atoms with E-state index in [1.54, 1.807) is 0 Å². The number of aryl methyl sites for hydroxylation is 1. The Kier molecular flexibility index (Phi) is 9.29. The fourth-order valence-electron chi connectivity index (χ4n) is 3.56. The van der Waals surface area contributed by atoms with Crippen LogP contribution in [0.1, 0.15) is 60.5 Å². The maximum Gasteiger partial charge on any atom is 0.250 e. The van der Waals surface area contributed by atoms with Gasteiger partial charge in [0.1, 0.15) is 11.5 Å². The van der Waals surface area contributed by atoms with Gasteiger partial charge in [-0.3, -0.25) is 0 Å². The van der Waals surface area contributed by atoms with Gasteiger partial charge in [-0.25, -0.2) is 0 Å². The molecule has 0 atom stereocenters. The Hall–Kier alpha value is -0.746. The summed E-state index contributed by atoms with van der Waals surface area (Å²) in [4.78, 5) is 0. The molecular weight excluding hydrogens is 340 g/mol. The van der Waals surface area contributed by atoms with E-state index in [4.69, 9.17) is 8.85 Å². The molecule has 0 aliphatic rings. The van der Waals surface area contributed by atoms with Crippen LogP contribution >= 0.6 is 0 Å². The van der Waals surface area contributed by atoms with Crippen molar-refractivity contribution in [3.8, 4) is 11.5 Å². The molecule has 0 saturated heterocycles. The quantitative estimate of drug-likeness (QED) is 0.351. The van der Waals surface area contributed by atoms with Gasteiger partial charge >= 0.3 is 0 Å². The smallest absolute Gasteiger partial charge is 0.250 e. The van der Waals surface area contributed by atoms with Crippen LogP contribution in [0.2, 0.25) is 36.3 Å². The normalized spacial score (nSPS) is 12.3. The number of hydrogen-bond acceptors (Lipinski definition) is 2. The first-order valence-corrected chi connectivity index (χ1v) is 15.5. The molecule has 0 amide bonds. The largest absolute Gasteiger partial charge is 0.541 e. The molecule has 144 valence electrons. The average Bonchev–Trinajstić information content (AvgIpc) is 2.66. The Morgan fingerprint density at radius 2 is 1.08 bits per heavy atom. The minimum Gasteiger partial charge on any atom is -0.541 e. The zero-order valence-corrected chi connectivity index (χ0v) is 19.7. The lowest BCUT2D eigenvalue weighted by molar-refractivity contribution is 0.467. The molecule has 0 aliphatic heterocycles. The van der Waals surface area contributed by atoms with Crippen molar-refractivity contribution in [2.45, 2.75) is 97.6 Å². The number of hydrogen-bond donors (Lipinski definition) is 0. The minimum atomic E-state index is -1.71. The van der Waals surface area contributed by atoms with Crippen LogP contribution in [0.3, 0.4) is 0 Å². The summed E-state index contributed by atoms with van der Waals surface area (Å²) in [6.07, 6.45) is 2.27. The van der Waals surface area contributed by atoms with Gasteiger partial charge in [0.2, 0.25) is 0 Å². The third-order valence-corrected chi connectivity index (χ3v) is 15.1. The molecule has 0 heterocycles. The second-order valence-corrected chi connectivity index (χ2v) is 16.6. The molecule has 4 heteroatoms. The number of rotatable bonds is 12. The topological polar surface area (TPSA) is 18.5 Å². The molecule has 0 spiro atoms. The molecular formula is C21H40O2Si2. The molecule has 0 radical (unpaired) electrons. The first-order chi connectivity index (χ1) is 12.0. The standard InChI is InChI=1S/C21H40O2Si2/c1-8-15-19-16-17-20(22-24(9-2,10-3)11-4)21(18-19)23-25(12-5,13-6)14-7/h16-18H,8-15H2,1-7H3. The lowest BCUT2D eigenvalue weighted by Crippen LogP contribution is -2.41. The molecule has 0 unspecified atom stereocenters. The van der Waals surface area contributed by atoms with Crippen LogP contribution in [0.25, 0.3) is 0 Å². The average molecular weight is 381 g/mol. The summed E-state index contributed by atoms with van der Waals surface area (Å²) in [7, 11) is -3.40. The van der Waals surface area contributed by atoms with Gasteiger partial charge in [-0.2, -0.15) is 0 Å². The van der Waals surface area contributed by atoms with Gasteiger partial charge in [0.15, 0.2) is 0 Å². The van der Waals surface area contributed by atoms with Gasteiger partial charge < -0.3 is 8.85 Å². The van der Waals surface area contributed by atoms with E-state index < -0.39 is 16.6 Å². The van der Waals surface area contributed by atoms with Crippen molar-refractivity contribution in [3.05, 3.63) is 23.8 Å². The van der Waals surface area contributed by atoms with Crippen molar-refractivity contribution in [3.63, 3.8) is 0 Å². The minimum absolute atomic E-state index is 1.00. The second-order valence-electron chi connectivity index (χ2n) is 7.22. The molecule has 0 saturated carbocycles. The van der Waals surface area contributed by atoms with Crippen LogP contribution in [-0.2, 0) is 6.42 Å². The zero-order valence-electron chi connectivity index (χ0n) is 17.7. The van der Waals surface area contributed by atoms with Crippen molar-refractivity contribution >= 4 is 16.6 Å². The van der Waals surface area contributed by atoms with Crippen molar-refractivity contribution < 1.29 is 8.85 Å². The van der Waals surface area contributed by atoms with E-state index >= 15 is 0 Å². The van der Waals surface area contributed by atoms with Crippen LogP contribution in [-0.4, -0.2) is 16.6 Å². The molecule has 0 N–H and O–H groups in total. The van der Waals surface area contributed by atoms with Gasteiger partial charge in [0, 0.05) is 0 Å². The monoisotopic (exact) mass is 380 g/mol. The highest BCUT2D eigenvalue weighted by Gasteiger charge is 2.34. The van der Waals surface area contributed by atoms with Gasteiger partial charge in [-0.15, -0.1) is 0 Å². The summed E-state index contributed by atoms with van der Waals surface area (Å²) < 4.78 is 13.5. The summed E-state index contributed by atoms with van der Waals surface area (Å²) in [5, 5.41) is 0. The Bertz CT molecular complexity index is 492. The summed E-state index contributed by atoms with van der Waals surface area (Å²) in [6.45, 7) is 16.0. The third kappa shape index (κ3) is 5.61. The molecule has 1 aromatic rings. The SMILES string of the molecule is CCCc1ccc(O[Si](CC)(CC)CC)c(O[Si](CC)(CC)CC)c1. The number of benzene rings is 1. The fourth-order valence-corrected chi connectivity index (χ4v) is 8.69. The summed E-state index contributed by atoms with van der Waals surface area (Å²) in [5.74, 6) is 2.03. The van der Waals surface area contributed by atoms with Gasteiger partial charge in [0.25, 0.3) is 16.6 Å². The Labute approximate surface area is 158 Å². The molecule has 0 aliphatic carbocycles. The van der Waals surface area contributed by atoms with Crippen LogP contribution in [0.15, 0.2) is 18.2 Å². The summed E-state index contributed by atoms with van der Waals surface area (Å²) >= 11 is 0. The zero-order chi connectivity index (χ0) is 18.9.